The lowest BCUT2D eigenvalue weighted by molar-refractivity contribution is -0.196. The molecule has 2 aromatic rings. The molecule has 0 aliphatic heterocycles. The van der Waals surface area contributed by atoms with E-state index in [2.05, 4.69) is 20.7 Å². The van der Waals surface area contributed by atoms with Crippen molar-refractivity contribution in [3.8, 4) is 17.0 Å². The van der Waals surface area contributed by atoms with E-state index in [4.69, 9.17) is 16.3 Å². The number of halogens is 4. The number of amides is 1. The SMILES string of the molecule is CCn1nc(C(=O)NC[C@H]2CC[C@H](S(C)(=O)=O)CC2)c(Cl)c1-c1cnc(NC2CCC2C(F)(F)F)cc1OC. The van der Waals surface area contributed by atoms with Crippen molar-refractivity contribution in [3.63, 3.8) is 0 Å². The van der Waals surface area contributed by atoms with Crippen LogP contribution >= 0.6 is 11.6 Å². The van der Waals surface area contributed by atoms with Crippen molar-refractivity contribution >= 4 is 33.2 Å². The minimum atomic E-state index is -4.27. The standard InChI is InChI=1S/C25H33ClF3N5O4S/c1-4-34-23(16-13-30-20(11-19(16)38-2)32-18-10-9-17(18)25(27,28)29)21(26)22(33-34)24(35)31-12-14-5-7-15(8-6-14)39(3,36)37/h11,13-15,17-18H,4-10,12H2,1-3H3,(H,30,32)(H,31,35)/t14-,15-,17?,18?. The number of hydrogen-bond acceptors (Lipinski definition) is 7. The smallest absolute Gasteiger partial charge is 0.393 e. The van der Waals surface area contributed by atoms with Crippen molar-refractivity contribution < 1.29 is 31.1 Å². The molecular weight excluding hydrogens is 559 g/mol. The van der Waals surface area contributed by atoms with Crippen molar-refractivity contribution in [1.29, 1.82) is 0 Å². The maximum absolute atomic E-state index is 13.1. The van der Waals surface area contributed by atoms with Gasteiger partial charge in [-0.1, -0.05) is 11.6 Å². The lowest BCUT2D eigenvalue weighted by atomic mass is 9.79. The van der Waals surface area contributed by atoms with E-state index in [1.165, 1.54) is 25.6 Å². The Kier molecular flexibility index (Phi) is 8.70. The monoisotopic (exact) mass is 591 g/mol. The van der Waals surface area contributed by atoms with E-state index < -0.39 is 33.9 Å². The van der Waals surface area contributed by atoms with Gasteiger partial charge < -0.3 is 15.4 Å². The van der Waals surface area contributed by atoms with Crippen molar-refractivity contribution in [1.82, 2.24) is 20.1 Å². The normalized spacial score (nSPS) is 23.7. The van der Waals surface area contributed by atoms with E-state index in [-0.39, 0.29) is 34.1 Å². The Morgan fingerprint density at radius 1 is 1.21 bits per heavy atom. The summed E-state index contributed by atoms with van der Waals surface area (Å²) in [4.78, 5) is 17.3. The van der Waals surface area contributed by atoms with E-state index >= 15 is 0 Å². The molecule has 2 aromatic heterocycles. The fraction of sp³-hybridized carbons (Fsp3) is 0.640. The van der Waals surface area contributed by atoms with Gasteiger partial charge in [-0.05, 0) is 51.4 Å². The summed E-state index contributed by atoms with van der Waals surface area (Å²) in [7, 11) is -1.64. The molecule has 2 N–H and O–H groups in total. The van der Waals surface area contributed by atoms with Crippen molar-refractivity contribution in [3.05, 3.63) is 23.0 Å². The summed E-state index contributed by atoms with van der Waals surface area (Å²) in [6.07, 6.45) is 1.45. The summed E-state index contributed by atoms with van der Waals surface area (Å²) in [5, 5.41) is 9.88. The third kappa shape index (κ3) is 6.45. The molecule has 0 saturated heterocycles. The van der Waals surface area contributed by atoms with E-state index in [0.29, 0.717) is 62.2 Å². The van der Waals surface area contributed by atoms with Gasteiger partial charge in [0.15, 0.2) is 5.69 Å². The number of methoxy groups -OCH3 is 1. The van der Waals surface area contributed by atoms with Crippen LogP contribution in [0.3, 0.4) is 0 Å². The van der Waals surface area contributed by atoms with Gasteiger partial charge in [-0.3, -0.25) is 9.48 Å². The van der Waals surface area contributed by atoms with Gasteiger partial charge in [0.05, 0.1) is 34.6 Å². The number of pyridine rings is 1. The van der Waals surface area contributed by atoms with Crippen LogP contribution in [0, 0.1) is 11.8 Å². The number of anilines is 1. The molecule has 2 aliphatic carbocycles. The Bertz CT molecular complexity index is 1310. The number of aryl methyl sites for hydroxylation is 1. The van der Waals surface area contributed by atoms with Crippen LogP contribution in [0.2, 0.25) is 5.02 Å². The largest absolute Gasteiger partial charge is 0.496 e. The molecule has 39 heavy (non-hydrogen) atoms. The molecule has 216 valence electrons. The van der Waals surface area contributed by atoms with Crippen molar-refractivity contribution in [2.24, 2.45) is 11.8 Å². The minimum absolute atomic E-state index is 0.0325. The van der Waals surface area contributed by atoms with Gasteiger partial charge in [0.2, 0.25) is 0 Å². The summed E-state index contributed by atoms with van der Waals surface area (Å²) in [6.45, 7) is 2.60. The number of alkyl halides is 3. The molecule has 2 saturated carbocycles. The predicted octanol–water partition coefficient (Wildman–Crippen LogP) is 4.71. The first-order valence-electron chi connectivity index (χ1n) is 12.9. The van der Waals surface area contributed by atoms with Crippen LogP contribution in [0.4, 0.5) is 19.0 Å². The molecule has 14 heteroatoms. The summed E-state index contributed by atoms with van der Waals surface area (Å²) in [5.74, 6) is -1.14. The molecular formula is C25H33ClF3N5O4S. The van der Waals surface area contributed by atoms with Crippen molar-refractivity contribution in [2.75, 3.05) is 25.2 Å². The highest BCUT2D eigenvalue weighted by Crippen LogP contribution is 2.43. The molecule has 2 unspecified atom stereocenters. The molecule has 0 bridgehead atoms. The molecule has 2 atom stereocenters. The number of sulfone groups is 1. The van der Waals surface area contributed by atoms with E-state index in [9.17, 15) is 26.4 Å². The zero-order chi connectivity index (χ0) is 28.5. The van der Waals surface area contributed by atoms with E-state index in [0.717, 1.165) is 0 Å². The average Bonchev–Trinajstić information content (AvgIpc) is 3.19. The Morgan fingerprint density at radius 3 is 2.44 bits per heavy atom. The average molecular weight is 592 g/mol. The second-order valence-electron chi connectivity index (χ2n) is 10.3. The first-order valence-corrected chi connectivity index (χ1v) is 15.3. The lowest BCUT2D eigenvalue weighted by Gasteiger charge is -2.38. The molecule has 2 heterocycles. The van der Waals surface area contributed by atoms with Gasteiger partial charge in [-0.25, -0.2) is 13.4 Å². The van der Waals surface area contributed by atoms with Gasteiger partial charge in [0, 0.05) is 37.7 Å². The first kappa shape index (κ1) is 29.4. The molecule has 2 fully saturated rings. The van der Waals surface area contributed by atoms with Crippen LogP contribution in [0.25, 0.3) is 11.3 Å². The maximum Gasteiger partial charge on any atom is 0.393 e. The van der Waals surface area contributed by atoms with E-state index in [1.807, 2.05) is 6.92 Å². The predicted molar refractivity (Wildman–Crippen MR) is 142 cm³/mol. The number of carbonyl (C=O) groups excluding carboxylic acids is 1. The van der Waals surface area contributed by atoms with Gasteiger partial charge in [0.1, 0.15) is 21.4 Å². The van der Waals surface area contributed by atoms with Crippen LogP contribution in [0.15, 0.2) is 12.3 Å². The molecule has 1 amide bonds. The summed E-state index contributed by atoms with van der Waals surface area (Å²) in [5.41, 5.74) is 0.886. The number of ether oxygens (including phenoxy) is 1. The zero-order valence-corrected chi connectivity index (χ0v) is 23.6. The third-order valence-corrected chi connectivity index (χ3v) is 9.77. The first-order chi connectivity index (χ1) is 18.3. The van der Waals surface area contributed by atoms with Crippen LogP contribution in [-0.2, 0) is 16.4 Å². The lowest BCUT2D eigenvalue weighted by Crippen LogP contribution is -2.46. The van der Waals surface area contributed by atoms with Gasteiger partial charge in [-0.2, -0.15) is 18.3 Å². The Hall–Kier alpha value is -2.54. The second-order valence-corrected chi connectivity index (χ2v) is 13.0. The zero-order valence-electron chi connectivity index (χ0n) is 22.0. The number of rotatable bonds is 9. The number of hydrogen-bond donors (Lipinski definition) is 2. The molecule has 0 radical (unpaired) electrons. The van der Waals surface area contributed by atoms with Crippen LogP contribution < -0.4 is 15.4 Å². The molecule has 9 nitrogen and oxygen atoms in total. The fourth-order valence-electron chi connectivity index (χ4n) is 5.27. The molecule has 4 rings (SSSR count). The highest BCUT2D eigenvalue weighted by Gasteiger charge is 2.50. The van der Waals surface area contributed by atoms with Crippen molar-refractivity contribution in [2.45, 2.75) is 69.5 Å². The topological polar surface area (TPSA) is 115 Å². The summed E-state index contributed by atoms with van der Waals surface area (Å²) < 4.78 is 70.0. The van der Waals surface area contributed by atoms with Gasteiger partial charge in [-0.15, -0.1) is 0 Å². The maximum atomic E-state index is 13.1. The van der Waals surface area contributed by atoms with Crippen LogP contribution in [0.5, 0.6) is 5.75 Å². The Labute approximate surface area is 230 Å². The highest BCUT2D eigenvalue weighted by atomic mass is 35.5. The molecule has 0 spiro atoms. The second kappa shape index (κ2) is 11.5. The fourth-order valence-corrected chi connectivity index (χ4v) is 6.72. The molecule has 0 aromatic carbocycles. The highest BCUT2D eigenvalue weighted by molar-refractivity contribution is 7.91. The van der Waals surface area contributed by atoms with Crippen LogP contribution in [0.1, 0.15) is 55.9 Å². The quantitative estimate of drug-likeness (QED) is 0.434. The van der Waals surface area contributed by atoms with Gasteiger partial charge >= 0.3 is 6.18 Å². The number of nitrogens with zero attached hydrogens (tertiary/aromatic N) is 3. The summed E-state index contributed by atoms with van der Waals surface area (Å²) >= 11 is 6.65. The Morgan fingerprint density at radius 2 is 1.90 bits per heavy atom. The van der Waals surface area contributed by atoms with Crippen LogP contribution in [-0.4, -0.2) is 66.5 Å². The number of carbonyl (C=O) groups is 1. The number of nitrogens with one attached hydrogen (secondary N) is 2. The third-order valence-electron chi connectivity index (χ3n) is 7.73. The number of aromatic nitrogens is 3. The van der Waals surface area contributed by atoms with Gasteiger partial charge in [0.25, 0.3) is 5.91 Å². The Balaban J connectivity index is 1.48. The van der Waals surface area contributed by atoms with E-state index in [1.54, 1.807) is 4.68 Å². The summed E-state index contributed by atoms with van der Waals surface area (Å²) in [6, 6.07) is 0.756. The molecule has 2 aliphatic rings. The minimum Gasteiger partial charge on any atom is -0.496 e.